The van der Waals surface area contributed by atoms with Crippen molar-refractivity contribution in [3.63, 3.8) is 0 Å². The largest absolute Gasteiger partial charge is 0.322 e. The molecular weight excluding hydrogens is 617 g/mol. The summed E-state index contributed by atoms with van der Waals surface area (Å²) in [6.07, 6.45) is 1.11. The molecule has 0 fully saturated rings. The number of carbonyl (C=O) groups excluding carboxylic acids is 1. The molecule has 4 aromatic rings. The quantitative estimate of drug-likeness (QED) is 0.213. The van der Waals surface area contributed by atoms with Gasteiger partial charge in [0.05, 0.1) is 39.1 Å². The molecule has 0 radical (unpaired) electrons. The number of hydrogen-bond donors (Lipinski definition) is 2. The number of nitrogens with zero attached hydrogens (tertiary/aromatic N) is 1. The maximum atomic E-state index is 12.8. The van der Waals surface area contributed by atoms with Crippen LogP contribution in [0.1, 0.15) is 15.9 Å². The zero-order valence-corrected chi connectivity index (χ0v) is 24.7. The van der Waals surface area contributed by atoms with Gasteiger partial charge in [-0.15, -0.1) is 0 Å². The van der Waals surface area contributed by atoms with Gasteiger partial charge in [0.15, 0.2) is 0 Å². The summed E-state index contributed by atoms with van der Waals surface area (Å²) in [6, 6.07) is 23.2. The van der Waals surface area contributed by atoms with Crippen LogP contribution < -0.4 is 14.3 Å². The average molecular weight is 639 g/mol. The second-order valence-electron chi connectivity index (χ2n) is 8.63. The van der Waals surface area contributed by atoms with Crippen molar-refractivity contribution in [1.29, 1.82) is 0 Å². The Bertz CT molecular complexity index is 1760. The molecule has 13 heteroatoms. The molecule has 0 bridgehead atoms. The minimum Gasteiger partial charge on any atom is -0.322 e. The highest BCUT2D eigenvalue weighted by Gasteiger charge is 2.19. The molecule has 0 spiro atoms. The Hall–Kier alpha value is -3.28. The van der Waals surface area contributed by atoms with Crippen molar-refractivity contribution in [2.75, 3.05) is 20.6 Å². The van der Waals surface area contributed by atoms with Gasteiger partial charge in [0.1, 0.15) is 0 Å². The van der Waals surface area contributed by atoms with Crippen LogP contribution in [0.2, 0.25) is 15.1 Å². The molecule has 4 aromatic carbocycles. The van der Waals surface area contributed by atoms with Crippen LogP contribution in [-0.4, -0.2) is 29.0 Å². The number of anilines is 3. The first kappa shape index (κ1) is 29.7. The second-order valence-corrected chi connectivity index (χ2v) is 13.4. The molecule has 2 N–H and O–H groups in total. The number of benzene rings is 4. The molecule has 1 amide bonds. The van der Waals surface area contributed by atoms with Gasteiger partial charge in [-0.05, 0) is 72.3 Å². The number of halogens is 3. The van der Waals surface area contributed by atoms with E-state index in [1.165, 1.54) is 40.7 Å². The highest BCUT2D eigenvalue weighted by molar-refractivity contribution is 7.92. The predicted molar refractivity (Wildman–Crippen MR) is 161 cm³/mol. The lowest BCUT2D eigenvalue weighted by molar-refractivity contribution is 0.102. The number of amides is 1. The minimum absolute atomic E-state index is 0.0407. The predicted octanol–water partition coefficient (Wildman–Crippen LogP) is 6.67. The van der Waals surface area contributed by atoms with Gasteiger partial charge in [0, 0.05) is 16.3 Å². The van der Waals surface area contributed by atoms with Crippen LogP contribution in [0.15, 0.2) is 95.9 Å². The summed E-state index contributed by atoms with van der Waals surface area (Å²) in [5.74, 6) is -0.430. The normalized spacial score (nSPS) is 11.6. The summed E-state index contributed by atoms with van der Waals surface area (Å²) in [5, 5.41) is 3.40. The minimum atomic E-state index is -3.96. The first-order valence-corrected chi connectivity index (χ1v) is 16.0. The Morgan fingerprint density at radius 2 is 1.48 bits per heavy atom. The number of rotatable bonds is 9. The third-order valence-electron chi connectivity index (χ3n) is 5.66. The van der Waals surface area contributed by atoms with Gasteiger partial charge in [-0.3, -0.25) is 13.8 Å². The smallest absolute Gasteiger partial charge is 0.261 e. The van der Waals surface area contributed by atoms with Crippen LogP contribution in [0.25, 0.3) is 0 Å². The number of hydrogen-bond acceptors (Lipinski definition) is 5. The Balaban J connectivity index is 1.43. The van der Waals surface area contributed by atoms with E-state index >= 15 is 0 Å². The zero-order valence-electron chi connectivity index (χ0n) is 20.8. The lowest BCUT2D eigenvalue weighted by Gasteiger charge is -2.22. The van der Waals surface area contributed by atoms with Crippen LogP contribution in [0.4, 0.5) is 17.1 Å². The summed E-state index contributed by atoms with van der Waals surface area (Å²) in [5.41, 5.74) is 1.92. The van der Waals surface area contributed by atoms with E-state index in [2.05, 4.69) is 10.0 Å². The molecule has 208 valence electrons. The van der Waals surface area contributed by atoms with E-state index in [1.54, 1.807) is 54.6 Å². The number of sulfonamides is 2. The van der Waals surface area contributed by atoms with Crippen LogP contribution in [-0.2, 0) is 26.6 Å². The van der Waals surface area contributed by atoms with Gasteiger partial charge in [-0.1, -0.05) is 59.1 Å². The van der Waals surface area contributed by atoms with Gasteiger partial charge in [-0.2, -0.15) is 0 Å². The van der Waals surface area contributed by atoms with Crippen molar-refractivity contribution >= 4 is 77.8 Å². The summed E-state index contributed by atoms with van der Waals surface area (Å²) < 4.78 is 53.9. The molecule has 0 saturated heterocycles. The average Bonchev–Trinajstić information content (AvgIpc) is 2.90. The second kappa shape index (κ2) is 12.1. The topological polar surface area (TPSA) is 113 Å². The highest BCUT2D eigenvalue weighted by atomic mass is 35.5. The Morgan fingerprint density at radius 1 is 0.825 bits per heavy atom. The van der Waals surface area contributed by atoms with Crippen LogP contribution in [0, 0.1) is 0 Å². The van der Waals surface area contributed by atoms with E-state index in [0.29, 0.717) is 27.5 Å². The van der Waals surface area contributed by atoms with Gasteiger partial charge >= 0.3 is 0 Å². The maximum Gasteiger partial charge on any atom is 0.261 e. The van der Waals surface area contributed by atoms with Gasteiger partial charge in [0.2, 0.25) is 10.0 Å². The van der Waals surface area contributed by atoms with Crippen molar-refractivity contribution in [3.8, 4) is 0 Å². The zero-order chi connectivity index (χ0) is 29.1. The van der Waals surface area contributed by atoms with Crippen molar-refractivity contribution in [3.05, 3.63) is 117 Å². The lowest BCUT2D eigenvalue weighted by atomic mass is 10.1. The lowest BCUT2D eigenvalue weighted by Crippen LogP contribution is -2.29. The summed E-state index contributed by atoms with van der Waals surface area (Å²) >= 11 is 18.1. The standard InChI is InChI=1S/C27H22Cl3N3O5S2/c1-39(35,36)33(22-5-2-4-20(28)16-22)17-18-8-10-19(11-9-18)27(34)31-21-12-14-23(15-13-21)40(37,38)32-25-7-3-6-24(29)26(25)30/h2-16,32H,17H2,1H3,(H,31,34). The summed E-state index contributed by atoms with van der Waals surface area (Å²) in [6.45, 7) is 0.0471. The Kier molecular flexibility index (Phi) is 8.96. The Labute approximate surface area is 247 Å². The molecule has 0 atom stereocenters. The molecule has 4 rings (SSSR count). The molecule has 0 heterocycles. The maximum absolute atomic E-state index is 12.8. The van der Waals surface area contributed by atoms with Crippen LogP contribution in [0.5, 0.6) is 0 Å². The van der Waals surface area contributed by atoms with E-state index in [-0.39, 0.29) is 27.2 Å². The molecule has 0 aliphatic heterocycles. The molecule has 0 unspecified atom stereocenters. The monoisotopic (exact) mass is 637 g/mol. The fraction of sp³-hybridized carbons (Fsp3) is 0.0741. The van der Waals surface area contributed by atoms with E-state index in [4.69, 9.17) is 34.8 Å². The molecule has 8 nitrogen and oxygen atoms in total. The van der Waals surface area contributed by atoms with Gasteiger partial charge in [-0.25, -0.2) is 16.8 Å². The van der Waals surface area contributed by atoms with E-state index in [1.807, 2.05) is 0 Å². The van der Waals surface area contributed by atoms with Crippen LogP contribution in [0.3, 0.4) is 0 Å². The number of carbonyl (C=O) groups is 1. The van der Waals surface area contributed by atoms with Crippen molar-refractivity contribution in [1.82, 2.24) is 0 Å². The molecule has 0 aliphatic rings. The van der Waals surface area contributed by atoms with Crippen molar-refractivity contribution in [2.24, 2.45) is 0 Å². The third kappa shape index (κ3) is 7.26. The molecule has 0 saturated carbocycles. The third-order valence-corrected chi connectivity index (χ3v) is 9.23. The highest BCUT2D eigenvalue weighted by Crippen LogP contribution is 2.31. The van der Waals surface area contributed by atoms with Gasteiger partial charge in [0.25, 0.3) is 15.9 Å². The number of nitrogens with one attached hydrogen (secondary N) is 2. The molecule has 0 aliphatic carbocycles. The SMILES string of the molecule is CS(=O)(=O)N(Cc1ccc(C(=O)Nc2ccc(S(=O)(=O)Nc3cccc(Cl)c3Cl)cc2)cc1)c1cccc(Cl)c1. The molecular formula is C27H22Cl3N3O5S2. The van der Waals surface area contributed by atoms with Crippen LogP contribution >= 0.6 is 34.8 Å². The molecule has 0 aromatic heterocycles. The first-order valence-electron chi connectivity index (χ1n) is 11.5. The fourth-order valence-corrected chi connectivity index (χ4v) is 6.21. The molecule has 40 heavy (non-hydrogen) atoms. The fourth-order valence-electron chi connectivity index (χ4n) is 3.67. The Morgan fingerprint density at radius 3 is 2.10 bits per heavy atom. The van der Waals surface area contributed by atoms with E-state index < -0.39 is 26.0 Å². The van der Waals surface area contributed by atoms with Gasteiger partial charge < -0.3 is 5.32 Å². The first-order chi connectivity index (χ1) is 18.8. The van der Waals surface area contributed by atoms with E-state index in [9.17, 15) is 21.6 Å². The van der Waals surface area contributed by atoms with Crippen molar-refractivity contribution in [2.45, 2.75) is 11.4 Å². The van der Waals surface area contributed by atoms with Crippen molar-refractivity contribution < 1.29 is 21.6 Å². The summed E-state index contributed by atoms with van der Waals surface area (Å²) in [7, 11) is -7.56. The summed E-state index contributed by atoms with van der Waals surface area (Å²) in [4.78, 5) is 12.7. The van der Waals surface area contributed by atoms with E-state index in [0.717, 1.165) is 6.26 Å².